The predicted octanol–water partition coefficient (Wildman–Crippen LogP) is 0.194. The summed E-state index contributed by atoms with van der Waals surface area (Å²) in [4.78, 5) is 44.8. The van der Waals surface area contributed by atoms with Gasteiger partial charge in [0.2, 0.25) is 5.76 Å². The Bertz CT molecular complexity index is 923. The second kappa shape index (κ2) is 6.15. The van der Waals surface area contributed by atoms with Gasteiger partial charge in [0.25, 0.3) is 11.5 Å². The summed E-state index contributed by atoms with van der Waals surface area (Å²) in [7, 11) is 1.42. The van der Waals surface area contributed by atoms with Crippen LogP contribution in [0.15, 0.2) is 26.3 Å². The lowest BCUT2D eigenvalue weighted by atomic mass is 10.1. The number of carbonyl (C=O) groups excluding carboxylic acids is 1. The van der Waals surface area contributed by atoms with E-state index in [-0.39, 0.29) is 29.2 Å². The second-order valence-corrected chi connectivity index (χ2v) is 7.16. The molecule has 2 aromatic heterocycles. The number of hydrogen-bond donors (Lipinski definition) is 2. The van der Waals surface area contributed by atoms with Crippen molar-refractivity contribution < 1.29 is 9.21 Å². The van der Waals surface area contributed by atoms with Crippen molar-refractivity contribution in [2.75, 3.05) is 18.0 Å². The summed E-state index contributed by atoms with van der Waals surface area (Å²) in [5, 5.41) is 2.97. The van der Waals surface area contributed by atoms with Gasteiger partial charge in [-0.3, -0.25) is 19.1 Å². The summed E-state index contributed by atoms with van der Waals surface area (Å²) in [6, 6.07) is 1.28. The standard InChI is InChI=1S/C17H21N5O4/c1-9-7-22(13-5-14(23)21(2)17(25)20-13)8-11(9)19-15(24)12-6-18-16(26-12)10-3-4-10/h5-6,9-11H,3-4,7-8H2,1-2H3,(H,19,24)(H,20,25)/t9-,11+/m0/s1. The number of nitrogens with one attached hydrogen (secondary N) is 2. The molecule has 2 aromatic rings. The summed E-state index contributed by atoms with van der Waals surface area (Å²) in [5.74, 6) is 1.54. The first-order chi connectivity index (χ1) is 12.4. The van der Waals surface area contributed by atoms with E-state index in [0.29, 0.717) is 30.7 Å². The van der Waals surface area contributed by atoms with Crippen molar-refractivity contribution in [3.63, 3.8) is 0 Å². The number of oxazole rings is 1. The van der Waals surface area contributed by atoms with E-state index in [0.717, 1.165) is 17.4 Å². The monoisotopic (exact) mass is 359 g/mol. The largest absolute Gasteiger partial charge is 0.435 e. The van der Waals surface area contributed by atoms with E-state index in [1.807, 2.05) is 11.8 Å². The average Bonchev–Trinajstić information content (AvgIpc) is 3.22. The van der Waals surface area contributed by atoms with E-state index in [2.05, 4.69) is 15.3 Å². The van der Waals surface area contributed by atoms with Crippen LogP contribution in [0.5, 0.6) is 0 Å². The van der Waals surface area contributed by atoms with Gasteiger partial charge in [-0.2, -0.15) is 0 Å². The third-order valence-electron chi connectivity index (χ3n) is 5.07. The maximum atomic E-state index is 12.4. The number of rotatable bonds is 4. The van der Waals surface area contributed by atoms with Crippen molar-refractivity contribution in [2.45, 2.75) is 31.7 Å². The number of aromatic amines is 1. The molecular weight excluding hydrogens is 338 g/mol. The van der Waals surface area contributed by atoms with Crippen molar-refractivity contribution >= 4 is 11.7 Å². The zero-order valence-electron chi connectivity index (χ0n) is 14.7. The molecule has 9 heteroatoms. The van der Waals surface area contributed by atoms with Gasteiger partial charge in [0.15, 0.2) is 5.89 Å². The molecule has 0 radical (unpaired) electrons. The zero-order chi connectivity index (χ0) is 18.4. The highest BCUT2D eigenvalue weighted by Crippen LogP contribution is 2.39. The molecule has 2 atom stereocenters. The number of aromatic nitrogens is 3. The lowest BCUT2D eigenvalue weighted by Crippen LogP contribution is -2.40. The molecule has 1 amide bonds. The molecule has 0 aromatic carbocycles. The topological polar surface area (TPSA) is 113 Å². The number of hydrogen-bond acceptors (Lipinski definition) is 6. The van der Waals surface area contributed by atoms with E-state index in [4.69, 9.17) is 4.42 Å². The molecule has 1 aliphatic heterocycles. The molecule has 138 valence electrons. The first-order valence-corrected chi connectivity index (χ1v) is 8.74. The van der Waals surface area contributed by atoms with Gasteiger partial charge in [-0.25, -0.2) is 9.78 Å². The molecular formula is C17H21N5O4. The van der Waals surface area contributed by atoms with Gasteiger partial charge >= 0.3 is 5.69 Å². The van der Waals surface area contributed by atoms with Gasteiger partial charge in [0.05, 0.1) is 12.2 Å². The summed E-state index contributed by atoms with van der Waals surface area (Å²) < 4.78 is 6.56. The zero-order valence-corrected chi connectivity index (χ0v) is 14.7. The highest BCUT2D eigenvalue weighted by atomic mass is 16.4. The Morgan fingerprint density at radius 3 is 2.81 bits per heavy atom. The Morgan fingerprint density at radius 2 is 2.12 bits per heavy atom. The average molecular weight is 359 g/mol. The fourth-order valence-electron chi connectivity index (χ4n) is 3.22. The molecule has 26 heavy (non-hydrogen) atoms. The number of carbonyl (C=O) groups is 1. The van der Waals surface area contributed by atoms with Crippen molar-refractivity contribution in [1.29, 1.82) is 0 Å². The van der Waals surface area contributed by atoms with Crippen LogP contribution in [0, 0.1) is 5.92 Å². The third-order valence-corrected chi connectivity index (χ3v) is 5.07. The van der Waals surface area contributed by atoms with Gasteiger partial charge < -0.3 is 14.6 Å². The Hall–Kier alpha value is -2.84. The van der Waals surface area contributed by atoms with Crippen LogP contribution in [0.3, 0.4) is 0 Å². The molecule has 1 saturated carbocycles. The number of anilines is 1. The van der Waals surface area contributed by atoms with Crippen LogP contribution < -0.4 is 21.5 Å². The van der Waals surface area contributed by atoms with Crippen LogP contribution in [-0.2, 0) is 7.05 Å². The number of H-pyrrole nitrogens is 1. The van der Waals surface area contributed by atoms with Gasteiger partial charge in [-0.05, 0) is 18.8 Å². The van der Waals surface area contributed by atoms with Crippen LogP contribution in [0.4, 0.5) is 5.82 Å². The minimum atomic E-state index is -0.457. The third kappa shape index (κ3) is 3.04. The highest BCUT2D eigenvalue weighted by Gasteiger charge is 2.33. The summed E-state index contributed by atoms with van der Waals surface area (Å²) >= 11 is 0. The predicted molar refractivity (Wildman–Crippen MR) is 93.4 cm³/mol. The fourth-order valence-corrected chi connectivity index (χ4v) is 3.22. The smallest absolute Gasteiger partial charge is 0.329 e. The van der Waals surface area contributed by atoms with Crippen molar-refractivity contribution in [3.05, 3.63) is 44.8 Å². The quantitative estimate of drug-likeness (QED) is 0.806. The van der Waals surface area contributed by atoms with Gasteiger partial charge in [0.1, 0.15) is 5.82 Å². The molecule has 3 heterocycles. The van der Waals surface area contributed by atoms with Crippen LogP contribution in [-0.4, -0.2) is 39.6 Å². The first kappa shape index (κ1) is 16.6. The van der Waals surface area contributed by atoms with Gasteiger partial charge in [-0.15, -0.1) is 0 Å². The molecule has 4 rings (SSSR count). The van der Waals surface area contributed by atoms with E-state index >= 15 is 0 Å². The molecule has 0 unspecified atom stereocenters. The van der Waals surface area contributed by atoms with Crippen molar-refractivity contribution in [2.24, 2.45) is 13.0 Å². The minimum Gasteiger partial charge on any atom is -0.435 e. The molecule has 0 spiro atoms. The van der Waals surface area contributed by atoms with Crippen LogP contribution in [0.2, 0.25) is 0 Å². The number of nitrogens with zero attached hydrogens (tertiary/aromatic N) is 3. The van der Waals surface area contributed by atoms with Gasteiger partial charge in [0, 0.05) is 32.1 Å². The molecule has 2 aliphatic rings. The Labute approximate surface area is 149 Å². The molecule has 2 fully saturated rings. The second-order valence-electron chi connectivity index (χ2n) is 7.16. The highest BCUT2D eigenvalue weighted by molar-refractivity contribution is 5.91. The molecule has 1 aliphatic carbocycles. The van der Waals surface area contributed by atoms with E-state index in [1.165, 1.54) is 19.3 Å². The Kier molecular flexibility index (Phi) is 3.93. The SMILES string of the molecule is C[C@H]1CN(c2cc(=O)n(C)c(=O)[nH]2)C[C@H]1NC(=O)c1cnc(C2CC2)o1. The van der Waals surface area contributed by atoms with E-state index in [1.54, 1.807) is 0 Å². The van der Waals surface area contributed by atoms with Crippen LogP contribution in [0.25, 0.3) is 0 Å². The van der Waals surface area contributed by atoms with E-state index < -0.39 is 5.69 Å². The minimum absolute atomic E-state index is 0.121. The van der Waals surface area contributed by atoms with Crippen molar-refractivity contribution in [3.8, 4) is 0 Å². The lowest BCUT2D eigenvalue weighted by molar-refractivity contribution is 0.0903. The van der Waals surface area contributed by atoms with Gasteiger partial charge in [-0.1, -0.05) is 6.92 Å². The fraction of sp³-hybridized carbons (Fsp3) is 0.529. The van der Waals surface area contributed by atoms with Crippen molar-refractivity contribution in [1.82, 2.24) is 19.9 Å². The molecule has 0 bridgehead atoms. The van der Waals surface area contributed by atoms with Crippen LogP contribution >= 0.6 is 0 Å². The summed E-state index contributed by atoms with van der Waals surface area (Å²) in [6.45, 7) is 3.14. The molecule has 9 nitrogen and oxygen atoms in total. The van der Waals surface area contributed by atoms with Crippen LogP contribution in [0.1, 0.15) is 42.1 Å². The summed E-state index contributed by atoms with van der Waals surface area (Å²) in [5.41, 5.74) is -0.819. The Balaban J connectivity index is 1.45. The number of amides is 1. The van der Waals surface area contributed by atoms with E-state index in [9.17, 15) is 14.4 Å². The lowest BCUT2D eigenvalue weighted by Gasteiger charge is -2.18. The first-order valence-electron chi connectivity index (χ1n) is 8.74. The Morgan fingerprint density at radius 1 is 1.35 bits per heavy atom. The maximum Gasteiger partial charge on any atom is 0.329 e. The maximum absolute atomic E-state index is 12.4. The molecule has 1 saturated heterocycles. The summed E-state index contributed by atoms with van der Waals surface area (Å²) in [6.07, 6.45) is 3.59. The normalized spacial score (nSPS) is 22.6. The molecule has 2 N–H and O–H groups in total.